The van der Waals surface area contributed by atoms with Gasteiger partial charge in [-0.2, -0.15) is 0 Å². The highest BCUT2D eigenvalue weighted by molar-refractivity contribution is 5.72. The van der Waals surface area contributed by atoms with Crippen molar-refractivity contribution in [2.45, 2.75) is 77.0 Å². The molecule has 1 amide bonds. The molecule has 10 heteroatoms. The predicted octanol–water partition coefficient (Wildman–Crippen LogP) is 3.80. The number of ether oxygens (including phenoxy) is 5. The molecule has 1 N–H and O–H groups in total. The molecule has 4 aliphatic carbocycles. The van der Waals surface area contributed by atoms with Crippen molar-refractivity contribution in [2.75, 3.05) is 46.2 Å². The molecule has 4 aliphatic rings. The van der Waals surface area contributed by atoms with Gasteiger partial charge in [0.05, 0.1) is 32.8 Å². The second-order valence-corrected chi connectivity index (χ2v) is 11.7. The Morgan fingerprint density at radius 2 is 1.00 bits per heavy atom. The van der Waals surface area contributed by atoms with Gasteiger partial charge < -0.3 is 29.0 Å². The zero-order chi connectivity index (χ0) is 30.3. The molecule has 10 nitrogen and oxygen atoms in total. The maximum absolute atomic E-state index is 12.0. The Morgan fingerprint density at radius 3 is 1.51 bits per heavy atom. The SMILES string of the molecule is O=C(CCCC(=O)OCC1[C@H]2CCC#CCC[C@@H]12)OCCOCCOC(=O)CCNC(=O)OCC1[C@H]2CCC#CCC[C@@H]12. The number of hydrogen-bond acceptors (Lipinski definition) is 9. The molecule has 4 rings (SSSR count). The fraction of sp³-hybridized carbons (Fsp3) is 0.758. The number of alkyl carbamates (subject to hydrolysis) is 1. The van der Waals surface area contributed by atoms with Gasteiger partial charge in [-0.15, -0.1) is 23.7 Å². The van der Waals surface area contributed by atoms with Crippen LogP contribution in [-0.2, 0) is 38.1 Å². The standard InChI is InChI=1S/C33H45NO9/c35-30(14-9-15-31(36)42-22-28-24-10-5-1-2-6-11-25(24)28)40-20-18-39-19-21-41-32(37)16-17-34-33(38)43-23-29-26-12-7-3-4-8-13-27(26)29/h24-29H,5-23H2,(H,34,38)/t24-,25+,26-,27+,28?,29?. The van der Waals surface area contributed by atoms with Crippen LogP contribution >= 0.6 is 0 Å². The number of carbonyl (C=O) groups excluding carboxylic acids is 4. The Balaban J connectivity index is 0.890. The summed E-state index contributed by atoms with van der Waals surface area (Å²) in [6.07, 6.45) is 8.26. The Labute approximate surface area is 254 Å². The van der Waals surface area contributed by atoms with Gasteiger partial charge in [-0.05, 0) is 67.6 Å². The lowest BCUT2D eigenvalue weighted by molar-refractivity contribution is -0.147. The highest BCUT2D eigenvalue weighted by atomic mass is 16.6. The second kappa shape index (κ2) is 17.8. The number of amides is 1. The van der Waals surface area contributed by atoms with Gasteiger partial charge >= 0.3 is 24.0 Å². The van der Waals surface area contributed by atoms with Crippen LogP contribution < -0.4 is 5.32 Å². The lowest BCUT2D eigenvalue weighted by atomic mass is 10.1. The first-order valence-electron chi connectivity index (χ1n) is 15.9. The Morgan fingerprint density at radius 1 is 0.558 bits per heavy atom. The minimum Gasteiger partial charge on any atom is -0.465 e. The summed E-state index contributed by atoms with van der Waals surface area (Å²) in [7, 11) is 0. The van der Waals surface area contributed by atoms with Crippen LogP contribution in [-0.4, -0.2) is 70.2 Å². The van der Waals surface area contributed by atoms with Crippen molar-refractivity contribution in [3.63, 3.8) is 0 Å². The highest BCUT2D eigenvalue weighted by Gasteiger charge is 2.50. The highest BCUT2D eigenvalue weighted by Crippen LogP contribution is 2.53. The third kappa shape index (κ3) is 11.8. The first kappa shape index (κ1) is 32.7. The third-order valence-corrected chi connectivity index (χ3v) is 8.86. The summed E-state index contributed by atoms with van der Waals surface area (Å²) in [5.41, 5.74) is 0. The summed E-state index contributed by atoms with van der Waals surface area (Å²) in [6.45, 7) is 1.48. The van der Waals surface area contributed by atoms with E-state index in [1.165, 1.54) is 0 Å². The van der Waals surface area contributed by atoms with E-state index in [0.717, 1.165) is 51.4 Å². The van der Waals surface area contributed by atoms with Gasteiger partial charge in [0.15, 0.2) is 0 Å². The quantitative estimate of drug-likeness (QED) is 0.115. The fourth-order valence-electron chi connectivity index (χ4n) is 6.37. The molecule has 6 atom stereocenters. The van der Waals surface area contributed by atoms with E-state index >= 15 is 0 Å². The lowest BCUT2D eigenvalue weighted by Crippen LogP contribution is -2.28. The van der Waals surface area contributed by atoms with Crippen LogP contribution in [0.5, 0.6) is 0 Å². The molecule has 43 heavy (non-hydrogen) atoms. The van der Waals surface area contributed by atoms with Crippen LogP contribution in [0.2, 0.25) is 0 Å². The molecule has 236 valence electrons. The number of hydrogen-bond donors (Lipinski definition) is 1. The largest absolute Gasteiger partial charge is 0.465 e. The lowest BCUT2D eigenvalue weighted by Gasteiger charge is -2.08. The minimum absolute atomic E-state index is 0.0311. The molecular weight excluding hydrogens is 554 g/mol. The van der Waals surface area contributed by atoms with Gasteiger partial charge in [0, 0.05) is 45.1 Å². The van der Waals surface area contributed by atoms with Crippen molar-refractivity contribution < 1.29 is 42.9 Å². The number of carbonyl (C=O) groups is 4. The Bertz CT molecular complexity index is 963. The minimum atomic E-state index is -0.520. The zero-order valence-electron chi connectivity index (χ0n) is 25.1. The molecule has 0 aromatic rings. The van der Waals surface area contributed by atoms with Crippen LogP contribution in [0.1, 0.15) is 77.0 Å². The van der Waals surface area contributed by atoms with Crippen molar-refractivity contribution in [1.29, 1.82) is 0 Å². The van der Waals surface area contributed by atoms with E-state index in [-0.39, 0.29) is 58.2 Å². The van der Waals surface area contributed by atoms with Crippen LogP contribution in [0.3, 0.4) is 0 Å². The zero-order valence-corrected chi connectivity index (χ0v) is 25.1. The van der Waals surface area contributed by atoms with E-state index in [2.05, 4.69) is 29.0 Å². The molecular formula is C33H45NO9. The molecule has 0 spiro atoms. The summed E-state index contributed by atoms with van der Waals surface area (Å²) in [4.78, 5) is 47.6. The second-order valence-electron chi connectivity index (χ2n) is 11.7. The fourth-order valence-corrected chi connectivity index (χ4v) is 6.37. The summed E-state index contributed by atoms with van der Waals surface area (Å²) in [5.74, 6) is 14.9. The van der Waals surface area contributed by atoms with E-state index < -0.39 is 18.0 Å². The first-order chi connectivity index (χ1) is 21.0. The van der Waals surface area contributed by atoms with Crippen LogP contribution in [0.4, 0.5) is 4.79 Å². The Hall–Kier alpha value is -3.24. The summed E-state index contributed by atoms with van der Waals surface area (Å²) in [5, 5.41) is 2.58. The van der Waals surface area contributed by atoms with E-state index in [1.54, 1.807) is 0 Å². The maximum Gasteiger partial charge on any atom is 0.407 e. The van der Waals surface area contributed by atoms with Crippen LogP contribution in [0.15, 0.2) is 0 Å². The average molecular weight is 600 g/mol. The molecule has 2 fully saturated rings. The van der Waals surface area contributed by atoms with E-state index in [4.69, 9.17) is 23.7 Å². The van der Waals surface area contributed by atoms with Crippen molar-refractivity contribution in [1.82, 2.24) is 5.32 Å². The number of esters is 3. The smallest absolute Gasteiger partial charge is 0.407 e. The molecule has 0 radical (unpaired) electrons. The van der Waals surface area contributed by atoms with Gasteiger partial charge in [0.25, 0.3) is 0 Å². The van der Waals surface area contributed by atoms with Crippen molar-refractivity contribution in [3.05, 3.63) is 0 Å². The maximum atomic E-state index is 12.0. The van der Waals surface area contributed by atoms with Crippen molar-refractivity contribution in [3.8, 4) is 23.7 Å². The Kier molecular flexibility index (Phi) is 13.5. The van der Waals surface area contributed by atoms with Gasteiger partial charge in [-0.25, -0.2) is 4.79 Å². The van der Waals surface area contributed by atoms with E-state index in [9.17, 15) is 19.2 Å². The van der Waals surface area contributed by atoms with Gasteiger partial charge in [-0.3, -0.25) is 14.4 Å². The summed E-state index contributed by atoms with van der Waals surface area (Å²) in [6, 6.07) is 0. The summed E-state index contributed by atoms with van der Waals surface area (Å²) < 4.78 is 26.3. The van der Waals surface area contributed by atoms with Gasteiger partial charge in [0.2, 0.25) is 0 Å². The monoisotopic (exact) mass is 599 g/mol. The molecule has 2 saturated carbocycles. The van der Waals surface area contributed by atoms with E-state index in [0.29, 0.717) is 55.1 Å². The third-order valence-electron chi connectivity index (χ3n) is 8.86. The number of nitrogens with one attached hydrogen (secondary N) is 1. The number of rotatable bonds is 17. The summed E-state index contributed by atoms with van der Waals surface area (Å²) >= 11 is 0. The molecule has 0 aliphatic heterocycles. The molecule has 2 unspecified atom stereocenters. The van der Waals surface area contributed by atoms with Crippen molar-refractivity contribution >= 4 is 24.0 Å². The van der Waals surface area contributed by atoms with E-state index in [1.807, 2.05) is 0 Å². The molecule has 0 heterocycles. The van der Waals surface area contributed by atoms with Crippen molar-refractivity contribution in [2.24, 2.45) is 35.5 Å². The molecule has 0 aromatic carbocycles. The molecule has 0 saturated heterocycles. The average Bonchev–Trinajstić information content (AvgIpc) is 3.82. The number of fused-ring (bicyclic) bond motifs is 2. The topological polar surface area (TPSA) is 126 Å². The molecule has 0 aromatic heterocycles. The predicted molar refractivity (Wildman–Crippen MR) is 155 cm³/mol. The normalized spacial score (nSPS) is 26.4. The van der Waals surface area contributed by atoms with Gasteiger partial charge in [0.1, 0.15) is 13.2 Å². The van der Waals surface area contributed by atoms with Crippen LogP contribution in [0.25, 0.3) is 0 Å². The molecule has 0 bridgehead atoms. The first-order valence-corrected chi connectivity index (χ1v) is 15.9. The van der Waals surface area contributed by atoms with Crippen LogP contribution in [0, 0.1) is 59.2 Å². The van der Waals surface area contributed by atoms with Gasteiger partial charge in [-0.1, -0.05) is 0 Å².